The molecule has 5 nitrogen and oxygen atoms in total. The zero-order chi connectivity index (χ0) is 14.1. The number of fused-ring (bicyclic) bond motifs is 3. The lowest BCUT2D eigenvalue weighted by Crippen LogP contribution is -2.49. The maximum atomic E-state index is 12.1. The Morgan fingerprint density at radius 3 is 3.05 bits per heavy atom. The van der Waals surface area contributed by atoms with Gasteiger partial charge in [-0.3, -0.25) is 10.1 Å². The average molecular weight is 273 g/mol. The summed E-state index contributed by atoms with van der Waals surface area (Å²) in [5.41, 5.74) is 3.50. The molecule has 1 aromatic heterocycles. The topological polar surface area (TPSA) is 77.2 Å². The molecule has 0 saturated carbocycles. The van der Waals surface area contributed by atoms with E-state index in [1.54, 1.807) is 0 Å². The molecule has 0 unspecified atom stereocenters. The minimum Gasteiger partial charge on any atom is -0.395 e. The van der Waals surface area contributed by atoms with E-state index in [1.807, 2.05) is 12.1 Å². The molecule has 1 aliphatic heterocycles. The average Bonchev–Trinajstić information content (AvgIpc) is 2.84. The van der Waals surface area contributed by atoms with Gasteiger partial charge >= 0.3 is 0 Å². The third kappa shape index (κ3) is 2.19. The van der Waals surface area contributed by atoms with Crippen molar-refractivity contribution in [1.29, 1.82) is 0 Å². The number of para-hydroxylation sites is 1. The van der Waals surface area contributed by atoms with Gasteiger partial charge in [-0.05, 0) is 25.0 Å². The highest BCUT2D eigenvalue weighted by Gasteiger charge is 2.30. The van der Waals surface area contributed by atoms with Crippen molar-refractivity contribution in [2.45, 2.75) is 25.4 Å². The van der Waals surface area contributed by atoms with Gasteiger partial charge in [-0.25, -0.2) is 0 Å². The van der Waals surface area contributed by atoms with Crippen LogP contribution in [0.4, 0.5) is 0 Å². The van der Waals surface area contributed by atoms with E-state index in [-0.39, 0.29) is 24.6 Å². The summed E-state index contributed by atoms with van der Waals surface area (Å²) in [4.78, 5) is 15.5. The van der Waals surface area contributed by atoms with Gasteiger partial charge in [0, 0.05) is 29.2 Å². The van der Waals surface area contributed by atoms with Crippen LogP contribution in [-0.2, 0) is 11.2 Å². The second-order valence-corrected chi connectivity index (χ2v) is 5.22. The fraction of sp³-hybridized carbons (Fsp3) is 0.400. The molecule has 0 radical (unpaired) electrons. The zero-order valence-electron chi connectivity index (χ0n) is 11.4. The van der Waals surface area contributed by atoms with Gasteiger partial charge in [0.1, 0.15) is 0 Å². The third-order valence-corrected chi connectivity index (χ3v) is 3.87. The van der Waals surface area contributed by atoms with Crippen LogP contribution in [0.5, 0.6) is 0 Å². The molecule has 2 heterocycles. The van der Waals surface area contributed by atoms with Crippen LogP contribution >= 0.6 is 0 Å². The number of H-pyrrole nitrogens is 1. The molecule has 0 spiro atoms. The fourth-order valence-corrected chi connectivity index (χ4v) is 2.93. The quantitative estimate of drug-likeness (QED) is 0.669. The number of aromatic nitrogens is 1. The monoisotopic (exact) mass is 273 g/mol. The smallest absolute Gasteiger partial charge is 0.237 e. The largest absolute Gasteiger partial charge is 0.395 e. The van der Waals surface area contributed by atoms with Crippen molar-refractivity contribution in [2.24, 2.45) is 0 Å². The summed E-state index contributed by atoms with van der Waals surface area (Å²) in [6, 6.07) is 8.03. The van der Waals surface area contributed by atoms with Gasteiger partial charge < -0.3 is 15.4 Å². The number of aliphatic hydroxyl groups is 1. The standard InChI is InChI=1S/C15H19N3O2/c1-9-14-11(10-4-2-3-5-12(10)18-14)8-13(17-9)15(20)16-6-7-19/h2-5,9,13,17-19H,6-8H2,1H3,(H,16,20)/t9-,13-/m0/s1. The number of aliphatic hydroxyl groups excluding tert-OH is 1. The first kappa shape index (κ1) is 13.1. The van der Waals surface area contributed by atoms with Crippen LogP contribution in [0.2, 0.25) is 0 Å². The van der Waals surface area contributed by atoms with Crippen LogP contribution in [0, 0.1) is 0 Å². The first-order valence-electron chi connectivity index (χ1n) is 6.95. The van der Waals surface area contributed by atoms with Gasteiger partial charge in [0.25, 0.3) is 0 Å². The molecule has 3 rings (SSSR count). The Morgan fingerprint density at radius 1 is 1.45 bits per heavy atom. The zero-order valence-corrected chi connectivity index (χ0v) is 11.4. The number of carbonyl (C=O) groups excluding carboxylic acids is 1. The van der Waals surface area contributed by atoms with Crippen molar-refractivity contribution >= 4 is 16.8 Å². The Hall–Kier alpha value is -1.85. The SMILES string of the molecule is C[C@@H]1N[C@H](C(=O)NCCO)Cc2c1[nH]c1ccccc21. The Morgan fingerprint density at radius 2 is 2.25 bits per heavy atom. The van der Waals surface area contributed by atoms with E-state index in [2.05, 4.69) is 34.7 Å². The third-order valence-electron chi connectivity index (χ3n) is 3.87. The van der Waals surface area contributed by atoms with Crippen LogP contribution in [0.15, 0.2) is 24.3 Å². The summed E-state index contributed by atoms with van der Waals surface area (Å²) < 4.78 is 0. The Bertz CT molecular complexity index is 635. The number of hydrogen-bond donors (Lipinski definition) is 4. The molecule has 0 saturated heterocycles. The molecule has 1 amide bonds. The minimum atomic E-state index is -0.247. The number of benzene rings is 1. The Kier molecular flexibility index (Phi) is 3.46. The number of hydrogen-bond acceptors (Lipinski definition) is 3. The number of aromatic amines is 1. The lowest BCUT2D eigenvalue weighted by molar-refractivity contribution is -0.123. The van der Waals surface area contributed by atoms with E-state index in [0.29, 0.717) is 13.0 Å². The number of nitrogens with one attached hydrogen (secondary N) is 3. The van der Waals surface area contributed by atoms with Crippen LogP contribution in [0.1, 0.15) is 24.2 Å². The van der Waals surface area contributed by atoms with Crippen molar-refractivity contribution in [2.75, 3.05) is 13.2 Å². The molecule has 2 aromatic rings. The summed E-state index contributed by atoms with van der Waals surface area (Å²) in [5.74, 6) is -0.0539. The van der Waals surface area contributed by atoms with Crippen molar-refractivity contribution in [1.82, 2.24) is 15.6 Å². The van der Waals surface area contributed by atoms with Crippen molar-refractivity contribution in [3.8, 4) is 0 Å². The van der Waals surface area contributed by atoms with Gasteiger partial charge in [0.05, 0.1) is 12.6 Å². The summed E-state index contributed by atoms with van der Waals surface area (Å²) in [7, 11) is 0. The molecule has 1 aliphatic rings. The van der Waals surface area contributed by atoms with Crippen LogP contribution < -0.4 is 10.6 Å². The van der Waals surface area contributed by atoms with Gasteiger partial charge in [0.15, 0.2) is 0 Å². The maximum absolute atomic E-state index is 12.1. The molecule has 5 heteroatoms. The van der Waals surface area contributed by atoms with Crippen molar-refractivity contribution < 1.29 is 9.90 Å². The van der Waals surface area contributed by atoms with E-state index >= 15 is 0 Å². The molecule has 0 aliphatic carbocycles. The fourth-order valence-electron chi connectivity index (χ4n) is 2.93. The van der Waals surface area contributed by atoms with Crippen LogP contribution in [0.25, 0.3) is 10.9 Å². The predicted octanol–water partition coefficient (Wildman–Crippen LogP) is 0.852. The van der Waals surface area contributed by atoms with Gasteiger partial charge in [-0.1, -0.05) is 18.2 Å². The number of amides is 1. The summed E-state index contributed by atoms with van der Waals surface area (Å²) in [5, 5.41) is 16.0. The second-order valence-electron chi connectivity index (χ2n) is 5.22. The van der Waals surface area contributed by atoms with Crippen molar-refractivity contribution in [3.05, 3.63) is 35.5 Å². The normalized spacial score (nSPS) is 21.7. The highest BCUT2D eigenvalue weighted by Crippen LogP contribution is 2.31. The van der Waals surface area contributed by atoms with Crippen LogP contribution in [0.3, 0.4) is 0 Å². The highest BCUT2D eigenvalue weighted by atomic mass is 16.3. The lowest BCUT2D eigenvalue weighted by atomic mass is 9.94. The Labute approximate surface area is 117 Å². The minimum absolute atomic E-state index is 0.0354. The number of carbonyl (C=O) groups is 1. The highest BCUT2D eigenvalue weighted by molar-refractivity contribution is 5.88. The first-order chi connectivity index (χ1) is 9.70. The van der Waals surface area contributed by atoms with E-state index < -0.39 is 0 Å². The Balaban J connectivity index is 1.91. The second kappa shape index (κ2) is 5.26. The van der Waals surface area contributed by atoms with Gasteiger partial charge in [-0.15, -0.1) is 0 Å². The molecule has 4 N–H and O–H groups in total. The molecule has 1 aromatic carbocycles. The summed E-state index contributed by atoms with van der Waals surface area (Å²) in [6.45, 7) is 2.32. The molecule has 0 fully saturated rings. The molecular weight excluding hydrogens is 254 g/mol. The van der Waals surface area contributed by atoms with Gasteiger partial charge in [0.2, 0.25) is 5.91 Å². The summed E-state index contributed by atoms with van der Waals surface area (Å²) in [6.07, 6.45) is 0.668. The molecule has 0 bridgehead atoms. The lowest BCUT2D eigenvalue weighted by Gasteiger charge is -2.28. The van der Waals surface area contributed by atoms with E-state index in [4.69, 9.17) is 5.11 Å². The summed E-state index contributed by atoms with van der Waals surface area (Å²) >= 11 is 0. The van der Waals surface area contributed by atoms with E-state index in [1.165, 1.54) is 10.9 Å². The molecule has 106 valence electrons. The maximum Gasteiger partial charge on any atom is 0.237 e. The van der Waals surface area contributed by atoms with Crippen LogP contribution in [-0.4, -0.2) is 35.2 Å². The number of rotatable bonds is 3. The van der Waals surface area contributed by atoms with Gasteiger partial charge in [-0.2, -0.15) is 0 Å². The van der Waals surface area contributed by atoms with Crippen molar-refractivity contribution in [3.63, 3.8) is 0 Å². The van der Waals surface area contributed by atoms with E-state index in [0.717, 1.165) is 11.2 Å². The molecule has 20 heavy (non-hydrogen) atoms. The van der Waals surface area contributed by atoms with E-state index in [9.17, 15) is 4.79 Å². The predicted molar refractivity (Wildman–Crippen MR) is 77.4 cm³/mol. The molecular formula is C15H19N3O2. The first-order valence-corrected chi connectivity index (χ1v) is 6.95. The molecule has 2 atom stereocenters.